The molecule has 4 unspecified atom stereocenters. The number of benzene rings is 1. The maximum absolute atomic E-state index is 12.0. The van der Waals surface area contributed by atoms with Gasteiger partial charge in [0, 0.05) is 26.8 Å². The van der Waals surface area contributed by atoms with Crippen molar-refractivity contribution < 1.29 is 33.3 Å². The van der Waals surface area contributed by atoms with Gasteiger partial charge in [-0.25, -0.2) is 4.98 Å². The van der Waals surface area contributed by atoms with E-state index in [1.165, 1.54) is 20.8 Å². The summed E-state index contributed by atoms with van der Waals surface area (Å²) in [5.41, 5.74) is 1.06. The highest BCUT2D eigenvalue weighted by Crippen LogP contribution is 2.40. The number of aromatic nitrogens is 2. The first kappa shape index (κ1) is 28.0. The van der Waals surface area contributed by atoms with Crippen LogP contribution in [-0.2, 0) is 33.3 Å². The molecule has 0 amide bonds. The van der Waals surface area contributed by atoms with E-state index in [0.717, 1.165) is 0 Å². The fraction of sp³-hybridized carbons (Fsp3) is 0.524. The van der Waals surface area contributed by atoms with Gasteiger partial charge in [-0.1, -0.05) is 23.2 Å². The average Bonchev–Trinajstić information content (AvgIpc) is 3.17. The molecule has 4 atom stereocenters. The SMILES string of the molecule is CC(=O)OCC1OC(n2c(NC(C)C)nc3cc(Cl)c(Cl)cc32)C(OC(C)=O)C1OC(C)=O.Cl. The molecule has 1 aromatic heterocycles. The normalized spacial score (nSPS) is 21.8. The number of rotatable bonds is 7. The number of halogens is 3. The summed E-state index contributed by atoms with van der Waals surface area (Å²) in [7, 11) is 0. The molecule has 0 aliphatic carbocycles. The topological polar surface area (TPSA) is 118 Å². The van der Waals surface area contributed by atoms with Crippen molar-refractivity contribution in [1.29, 1.82) is 0 Å². The summed E-state index contributed by atoms with van der Waals surface area (Å²) in [5, 5.41) is 3.83. The van der Waals surface area contributed by atoms with Crippen LogP contribution in [0.25, 0.3) is 11.0 Å². The molecular formula is C21H26Cl3N3O7. The molecule has 1 aliphatic rings. The zero-order valence-electron chi connectivity index (χ0n) is 19.2. The average molecular weight is 539 g/mol. The summed E-state index contributed by atoms with van der Waals surface area (Å²) < 4.78 is 23.9. The molecule has 0 saturated carbocycles. The monoisotopic (exact) mass is 537 g/mol. The van der Waals surface area contributed by atoms with Crippen LogP contribution in [0.5, 0.6) is 0 Å². The second-order valence-electron chi connectivity index (χ2n) is 7.88. The summed E-state index contributed by atoms with van der Waals surface area (Å²) in [6, 6.07) is 3.21. The van der Waals surface area contributed by atoms with Gasteiger partial charge in [0.1, 0.15) is 12.7 Å². The maximum atomic E-state index is 12.0. The molecule has 3 rings (SSSR count). The first-order chi connectivity index (χ1) is 15.5. The predicted octanol–water partition coefficient (Wildman–Crippen LogP) is 3.91. The summed E-state index contributed by atoms with van der Waals surface area (Å²) in [6.45, 7) is 7.34. The number of carbonyl (C=O) groups excluding carboxylic acids is 3. The van der Waals surface area contributed by atoms with Gasteiger partial charge in [0.05, 0.1) is 21.1 Å². The molecule has 34 heavy (non-hydrogen) atoms. The Kier molecular flexibility index (Phi) is 9.41. The lowest BCUT2D eigenvalue weighted by molar-refractivity contribution is -0.166. The van der Waals surface area contributed by atoms with E-state index in [0.29, 0.717) is 22.0 Å². The molecule has 0 spiro atoms. The minimum Gasteiger partial charge on any atom is -0.463 e. The third kappa shape index (κ3) is 6.24. The quantitative estimate of drug-likeness (QED) is 0.413. The van der Waals surface area contributed by atoms with Crippen LogP contribution < -0.4 is 5.32 Å². The zero-order valence-corrected chi connectivity index (χ0v) is 21.5. The Hall–Kier alpha value is -2.27. The van der Waals surface area contributed by atoms with Crippen molar-refractivity contribution in [3.05, 3.63) is 22.2 Å². The van der Waals surface area contributed by atoms with E-state index in [-0.39, 0.29) is 30.1 Å². The molecule has 10 nitrogen and oxygen atoms in total. The number of carbonyl (C=O) groups is 3. The largest absolute Gasteiger partial charge is 0.463 e. The van der Waals surface area contributed by atoms with Crippen LogP contribution >= 0.6 is 35.6 Å². The van der Waals surface area contributed by atoms with Gasteiger partial charge in [0.25, 0.3) is 0 Å². The molecule has 1 N–H and O–H groups in total. The number of esters is 3. The zero-order chi connectivity index (χ0) is 24.4. The Labute approximate surface area is 212 Å². The first-order valence-corrected chi connectivity index (χ1v) is 11.0. The van der Waals surface area contributed by atoms with Crippen molar-refractivity contribution in [2.75, 3.05) is 11.9 Å². The highest BCUT2D eigenvalue weighted by atomic mass is 35.5. The number of anilines is 1. The maximum Gasteiger partial charge on any atom is 0.303 e. The van der Waals surface area contributed by atoms with Gasteiger partial charge in [0.15, 0.2) is 18.4 Å². The van der Waals surface area contributed by atoms with Crippen molar-refractivity contribution >= 4 is 70.5 Å². The molecule has 0 bridgehead atoms. The van der Waals surface area contributed by atoms with Crippen LogP contribution in [0.2, 0.25) is 10.0 Å². The fourth-order valence-corrected chi connectivity index (χ4v) is 3.92. The molecule has 188 valence electrons. The Balaban J connectivity index is 0.00000408. The standard InChI is InChI=1S/C21H25Cl2N3O7.ClH/c1-9(2)24-21-25-15-6-13(22)14(23)7-16(15)26(21)20-19(32-12(5)29)18(31-11(4)28)17(33-20)8-30-10(3)27;/h6-7,9,17-20H,8H2,1-5H3,(H,24,25);1H. The number of nitrogens with zero attached hydrogens (tertiary/aromatic N) is 2. The molecular weight excluding hydrogens is 513 g/mol. The van der Waals surface area contributed by atoms with E-state index in [9.17, 15) is 14.4 Å². The summed E-state index contributed by atoms with van der Waals surface area (Å²) in [4.78, 5) is 39.8. The van der Waals surface area contributed by atoms with Crippen molar-refractivity contribution in [3.8, 4) is 0 Å². The number of nitrogens with one attached hydrogen (secondary N) is 1. The first-order valence-electron chi connectivity index (χ1n) is 10.2. The summed E-state index contributed by atoms with van der Waals surface area (Å²) in [6.07, 6.45) is -3.99. The molecule has 0 radical (unpaired) electrons. The Bertz CT molecular complexity index is 1080. The Morgan fingerprint density at radius 2 is 1.65 bits per heavy atom. The lowest BCUT2D eigenvalue weighted by atomic mass is 10.1. The van der Waals surface area contributed by atoms with E-state index >= 15 is 0 Å². The second kappa shape index (κ2) is 11.4. The minimum absolute atomic E-state index is 0. The van der Waals surface area contributed by atoms with Crippen molar-refractivity contribution in [3.63, 3.8) is 0 Å². The van der Waals surface area contributed by atoms with Crippen molar-refractivity contribution in [2.24, 2.45) is 0 Å². The smallest absolute Gasteiger partial charge is 0.303 e. The van der Waals surface area contributed by atoms with E-state index in [1.54, 1.807) is 16.7 Å². The number of hydrogen-bond acceptors (Lipinski definition) is 9. The highest BCUT2D eigenvalue weighted by molar-refractivity contribution is 6.42. The van der Waals surface area contributed by atoms with Gasteiger partial charge in [-0.15, -0.1) is 12.4 Å². The molecule has 1 aromatic carbocycles. The number of hydrogen-bond donors (Lipinski definition) is 1. The van der Waals surface area contributed by atoms with E-state index < -0.39 is 42.4 Å². The number of fused-ring (bicyclic) bond motifs is 1. The van der Waals surface area contributed by atoms with Gasteiger partial charge < -0.3 is 24.3 Å². The van der Waals surface area contributed by atoms with Crippen LogP contribution in [0.3, 0.4) is 0 Å². The Morgan fingerprint density at radius 1 is 1.06 bits per heavy atom. The van der Waals surface area contributed by atoms with Crippen LogP contribution in [0.15, 0.2) is 12.1 Å². The second-order valence-corrected chi connectivity index (χ2v) is 8.69. The van der Waals surface area contributed by atoms with E-state index in [1.807, 2.05) is 13.8 Å². The van der Waals surface area contributed by atoms with Crippen LogP contribution in [0, 0.1) is 0 Å². The third-order valence-corrected chi connectivity index (χ3v) is 5.47. The Morgan fingerprint density at radius 3 is 2.21 bits per heavy atom. The summed E-state index contributed by atoms with van der Waals surface area (Å²) >= 11 is 12.4. The van der Waals surface area contributed by atoms with Gasteiger partial charge in [0.2, 0.25) is 5.95 Å². The summed E-state index contributed by atoms with van der Waals surface area (Å²) in [5.74, 6) is -1.36. The predicted molar refractivity (Wildman–Crippen MR) is 127 cm³/mol. The van der Waals surface area contributed by atoms with Crippen LogP contribution in [-0.4, -0.2) is 58.4 Å². The number of ether oxygens (including phenoxy) is 4. The molecule has 2 heterocycles. The molecule has 1 saturated heterocycles. The van der Waals surface area contributed by atoms with Gasteiger partial charge in [-0.3, -0.25) is 19.0 Å². The van der Waals surface area contributed by atoms with Crippen LogP contribution in [0.4, 0.5) is 5.95 Å². The van der Waals surface area contributed by atoms with Crippen LogP contribution in [0.1, 0.15) is 40.8 Å². The fourth-order valence-electron chi connectivity index (χ4n) is 3.61. The van der Waals surface area contributed by atoms with Crippen molar-refractivity contribution in [2.45, 2.75) is 65.2 Å². The highest BCUT2D eigenvalue weighted by Gasteiger charge is 2.51. The number of imidazole rings is 1. The van der Waals surface area contributed by atoms with E-state index in [2.05, 4.69) is 10.3 Å². The molecule has 2 aromatic rings. The lowest BCUT2D eigenvalue weighted by Gasteiger charge is -2.25. The minimum atomic E-state index is -1.06. The van der Waals surface area contributed by atoms with Crippen molar-refractivity contribution in [1.82, 2.24) is 9.55 Å². The lowest BCUT2D eigenvalue weighted by Crippen LogP contribution is -2.40. The molecule has 1 aliphatic heterocycles. The third-order valence-electron chi connectivity index (χ3n) is 4.74. The van der Waals surface area contributed by atoms with Gasteiger partial charge in [-0.05, 0) is 26.0 Å². The molecule has 1 fully saturated rings. The molecule has 13 heteroatoms. The van der Waals surface area contributed by atoms with Gasteiger partial charge in [-0.2, -0.15) is 0 Å². The van der Waals surface area contributed by atoms with Gasteiger partial charge >= 0.3 is 17.9 Å². The van der Waals surface area contributed by atoms with E-state index in [4.69, 9.17) is 42.1 Å².